The lowest BCUT2D eigenvalue weighted by Gasteiger charge is -2.17. The Bertz CT molecular complexity index is 861. The van der Waals surface area contributed by atoms with E-state index in [9.17, 15) is 0 Å². The summed E-state index contributed by atoms with van der Waals surface area (Å²) in [6.07, 6.45) is 22.2. The molecule has 1 saturated carbocycles. The number of likely N-dealkylation sites (N-methyl/N-ethyl adjacent to an activating group) is 1. The van der Waals surface area contributed by atoms with Crippen molar-refractivity contribution < 1.29 is 0 Å². The Morgan fingerprint density at radius 1 is 1.04 bits per heavy atom. The first-order valence-corrected chi connectivity index (χ1v) is 10.3. The van der Waals surface area contributed by atoms with E-state index < -0.39 is 0 Å². The van der Waals surface area contributed by atoms with Gasteiger partial charge in [-0.15, -0.1) is 0 Å². The van der Waals surface area contributed by atoms with Crippen LogP contribution in [0.4, 0.5) is 5.69 Å². The first-order valence-electron chi connectivity index (χ1n) is 10.3. The molecule has 4 rings (SSSR count). The Hall–Kier alpha value is -2.80. The van der Waals surface area contributed by atoms with Crippen LogP contribution in [0.15, 0.2) is 114 Å². The lowest BCUT2D eigenvalue weighted by Crippen LogP contribution is -2.16. The molecule has 0 N–H and O–H groups in total. The van der Waals surface area contributed by atoms with Crippen molar-refractivity contribution >= 4 is 5.69 Å². The highest BCUT2D eigenvalue weighted by molar-refractivity contribution is 5.59. The van der Waals surface area contributed by atoms with Gasteiger partial charge in [0.25, 0.3) is 0 Å². The molecule has 3 atom stereocenters. The summed E-state index contributed by atoms with van der Waals surface area (Å²) in [5.41, 5.74) is 5.28. The van der Waals surface area contributed by atoms with E-state index in [-0.39, 0.29) is 0 Å². The molecule has 144 valence electrons. The number of hydrogen-bond donors (Lipinski definition) is 0. The van der Waals surface area contributed by atoms with Crippen LogP contribution in [-0.2, 0) is 0 Å². The maximum atomic E-state index is 3.92. The van der Waals surface area contributed by atoms with Crippen molar-refractivity contribution in [2.45, 2.75) is 13.8 Å². The molecule has 0 bridgehead atoms. The average Bonchev–Trinajstić information content (AvgIpc) is 3.50. The molecule has 1 heteroatoms. The number of anilines is 1. The van der Waals surface area contributed by atoms with Gasteiger partial charge in [0.2, 0.25) is 0 Å². The van der Waals surface area contributed by atoms with Gasteiger partial charge in [0.15, 0.2) is 0 Å². The summed E-state index contributed by atoms with van der Waals surface area (Å²) in [7, 11) is 2.12. The molecule has 3 unspecified atom stereocenters. The Kier molecular flexibility index (Phi) is 6.71. The van der Waals surface area contributed by atoms with E-state index in [1.807, 2.05) is 19.9 Å². The molecule has 28 heavy (non-hydrogen) atoms. The molecule has 3 aliphatic rings. The van der Waals surface area contributed by atoms with Crippen LogP contribution >= 0.6 is 0 Å². The van der Waals surface area contributed by atoms with Crippen molar-refractivity contribution in [1.82, 2.24) is 0 Å². The maximum absolute atomic E-state index is 3.92. The predicted molar refractivity (Wildman–Crippen MR) is 123 cm³/mol. The molecule has 1 aromatic rings. The minimum Gasteiger partial charge on any atom is -0.371 e. The molecular formula is C27H31N. The molecule has 0 spiro atoms. The first-order chi connectivity index (χ1) is 13.8. The number of allylic oxidation sites excluding steroid dienone is 12. The minimum absolute atomic E-state index is 0.665. The molecule has 0 heterocycles. The molecule has 1 nitrogen and oxygen atoms in total. The van der Waals surface area contributed by atoms with Gasteiger partial charge >= 0.3 is 0 Å². The molecule has 0 amide bonds. The zero-order chi connectivity index (χ0) is 19.9. The van der Waals surface area contributed by atoms with Crippen molar-refractivity contribution in [2.24, 2.45) is 17.8 Å². The number of rotatable bonds is 6. The summed E-state index contributed by atoms with van der Waals surface area (Å²) in [5, 5.41) is 0. The molecule has 1 aromatic carbocycles. The molecular weight excluding hydrogens is 338 g/mol. The molecule has 0 radical (unpaired) electrons. The molecule has 1 fully saturated rings. The molecule has 3 aliphatic carbocycles. The Balaban J connectivity index is 0.00000109. The van der Waals surface area contributed by atoms with Crippen LogP contribution in [0.2, 0.25) is 0 Å². The van der Waals surface area contributed by atoms with E-state index in [0.717, 1.165) is 6.54 Å². The average molecular weight is 370 g/mol. The van der Waals surface area contributed by atoms with Gasteiger partial charge < -0.3 is 4.90 Å². The second-order valence-corrected chi connectivity index (χ2v) is 7.13. The smallest absolute Gasteiger partial charge is 0.0366 e. The van der Waals surface area contributed by atoms with E-state index in [1.54, 1.807) is 0 Å². The number of benzene rings is 1. The van der Waals surface area contributed by atoms with Crippen LogP contribution in [0.5, 0.6) is 0 Å². The van der Waals surface area contributed by atoms with Crippen molar-refractivity contribution in [1.29, 1.82) is 0 Å². The summed E-state index contributed by atoms with van der Waals surface area (Å²) in [6.45, 7) is 8.79. The summed E-state index contributed by atoms with van der Waals surface area (Å²) in [4.78, 5) is 2.25. The largest absolute Gasteiger partial charge is 0.371 e. The fraction of sp³-hybridized carbons (Fsp3) is 0.259. The zero-order valence-electron chi connectivity index (χ0n) is 17.3. The number of hydrogen-bond acceptors (Lipinski definition) is 1. The Morgan fingerprint density at radius 3 is 2.54 bits per heavy atom. The molecule has 0 aliphatic heterocycles. The SMILES string of the molecule is C=C/C=C(\C=C/CN(C)c1ccccc1)C1=C2C=CC=CC3C(C=C1)C23.CC. The standard InChI is InChI=1S/C25H25N.C2H6/c1-3-10-19(11-9-18-26(2)20-12-5-4-6-13-20)21-16-17-24-23-15-8-7-14-22(21)25(23)24;1-2/h3-17,23-25H,1,18H2,2H3;1-2H3/b11-9-,19-10+;. The van der Waals surface area contributed by atoms with Crippen LogP contribution in [0, 0.1) is 17.8 Å². The fourth-order valence-electron chi connectivity index (χ4n) is 4.06. The van der Waals surface area contributed by atoms with E-state index in [2.05, 4.69) is 104 Å². The third-order valence-corrected chi connectivity index (χ3v) is 5.49. The van der Waals surface area contributed by atoms with Crippen LogP contribution in [0.25, 0.3) is 0 Å². The van der Waals surface area contributed by atoms with Gasteiger partial charge in [-0.05, 0) is 46.6 Å². The number of nitrogens with zero attached hydrogens (tertiary/aromatic N) is 1. The topological polar surface area (TPSA) is 3.24 Å². The van der Waals surface area contributed by atoms with Crippen LogP contribution < -0.4 is 4.90 Å². The van der Waals surface area contributed by atoms with E-state index in [1.165, 1.54) is 22.4 Å². The number of fused-ring (bicyclic) bond motifs is 1. The highest BCUT2D eigenvalue weighted by Crippen LogP contribution is 2.57. The molecule has 0 saturated heterocycles. The van der Waals surface area contributed by atoms with Gasteiger partial charge in [0.1, 0.15) is 0 Å². The van der Waals surface area contributed by atoms with Gasteiger partial charge in [-0.1, -0.05) is 99.4 Å². The van der Waals surface area contributed by atoms with Gasteiger partial charge in [0, 0.05) is 19.3 Å². The normalized spacial score (nSPS) is 24.4. The first kappa shape index (κ1) is 19.9. The van der Waals surface area contributed by atoms with Crippen molar-refractivity contribution in [3.63, 3.8) is 0 Å². The molecule has 0 aromatic heterocycles. The van der Waals surface area contributed by atoms with Crippen molar-refractivity contribution in [3.05, 3.63) is 114 Å². The monoisotopic (exact) mass is 369 g/mol. The Morgan fingerprint density at radius 2 is 1.79 bits per heavy atom. The predicted octanol–water partition coefficient (Wildman–Crippen LogP) is 6.67. The second kappa shape index (κ2) is 9.41. The van der Waals surface area contributed by atoms with Crippen LogP contribution in [0.3, 0.4) is 0 Å². The van der Waals surface area contributed by atoms with E-state index >= 15 is 0 Å². The van der Waals surface area contributed by atoms with Gasteiger partial charge in [-0.25, -0.2) is 0 Å². The second-order valence-electron chi connectivity index (χ2n) is 7.13. The third-order valence-electron chi connectivity index (χ3n) is 5.49. The van der Waals surface area contributed by atoms with Crippen LogP contribution in [0.1, 0.15) is 13.8 Å². The summed E-state index contributed by atoms with van der Waals surface area (Å²) < 4.78 is 0. The van der Waals surface area contributed by atoms with Crippen molar-refractivity contribution in [3.8, 4) is 0 Å². The summed E-state index contributed by atoms with van der Waals surface area (Å²) in [5.74, 6) is 2.05. The van der Waals surface area contributed by atoms with Gasteiger partial charge in [-0.3, -0.25) is 0 Å². The van der Waals surface area contributed by atoms with Gasteiger partial charge in [0.05, 0.1) is 0 Å². The lowest BCUT2D eigenvalue weighted by molar-refractivity contribution is 0.919. The van der Waals surface area contributed by atoms with Crippen LogP contribution in [-0.4, -0.2) is 13.6 Å². The van der Waals surface area contributed by atoms with Gasteiger partial charge in [-0.2, -0.15) is 0 Å². The summed E-state index contributed by atoms with van der Waals surface area (Å²) >= 11 is 0. The number of para-hydroxylation sites is 1. The van der Waals surface area contributed by atoms with E-state index in [4.69, 9.17) is 0 Å². The summed E-state index contributed by atoms with van der Waals surface area (Å²) in [6, 6.07) is 10.5. The highest BCUT2D eigenvalue weighted by Gasteiger charge is 2.50. The van der Waals surface area contributed by atoms with Crippen molar-refractivity contribution in [2.75, 3.05) is 18.5 Å². The van der Waals surface area contributed by atoms with E-state index in [0.29, 0.717) is 17.8 Å². The Labute approximate surface area is 170 Å². The highest BCUT2D eigenvalue weighted by atomic mass is 15.1. The lowest BCUT2D eigenvalue weighted by atomic mass is 9.91. The quantitative estimate of drug-likeness (QED) is 0.506. The fourth-order valence-corrected chi connectivity index (χ4v) is 4.06. The zero-order valence-corrected chi connectivity index (χ0v) is 17.3. The third kappa shape index (κ3) is 4.20. The maximum Gasteiger partial charge on any atom is 0.0366 e. The minimum atomic E-state index is 0.665.